The summed E-state index contributed by atoms with van der Waals surface area (Å²) in [7, 11) is 0. The summed E-state index contributed by atoms with van der Waals surface area (Å²) in [6.07, 6.45) is 1.94. The predicted molar refractivity (Wildman–Crippen MR) is 66.0 cm³/mol. The summed E-state index contributed by atoms with van der Waals surface area (Å²) in [6, 6.07) is 12.5. The molecule has 3 N–H and O–H groups in total. The smallest absolute Gasteiger partial charge is 0.0923 e. The van der Waals surface area contributed by atoms with Gasteiger partial charge in [-0.1, -0.05) is 30.3 Å². The number of aromatic amines is 1. The Labute approximate surface area is 95.7 Å². The van der Waals surface area contributed by atoms with Crippen LogP contribution >= 0.6 is 0 Å². The second-order valence-corrected chi connectivity index (χ2v) is 4.16. The molecule has 0 spiro atoms. The minimum absolute atomic E-state index is 0.239. The third-order valence-corrected chi connectivity index (χ3v) is 2.57. The second kappa shape index (κ2) is 4.94. The van der Waals surface area contributed by atoms with Gasteiger partial charge in [0.05, 0.1) is 5.69 Å². The van der Waals surface area contributed by atoms with Gasteiger partial charge in [0.1, 0.15) is 0 Å². The van der Waals surface area contributed by atoms with Gasteiger partial charge in [0.25, 0.3) is 0 Å². The molecule has 1 heterocycles. The predicted octanol–water partition coefficient (Wildman–Crippen LogP) is 2.36. The summed E-state index contributed by atoms with van der Waals surface area (Å²) < 4.78 is 0. The SMILES string of the molecule is CC(N)CCc1cc(-c2ccccc2)n[nH]1. The third-order valence-electron chi connectivity index (χ3n) is 2.57. The number of aryl methyl sites for hydroxylation is 1. The van der Waals surface area contributed by atoms with E-state index >= 15 is 0 Å². The van der Waals surface area contributed by atoms with Crippen molar-refractivity contribution in [3.05, 3.63) is 42.1 Å². The van der Waals surface area contributed by atoms with Gasteiger partial charge < -0.3 is 5.73 Å². The molecule has 2 aromatic rings. The van der Waals surface area contributed by atoms with Crippen LogP contribution in [0.15, 0.2) is 36.4 Å². The zero-order valence-electron chi connectivity index (χ0n) is 9.48. The van der Waals surface area contributed by atoms with Crippen LogP contribution in [0.5, 0.6) is 0 Å². The van der Waals surface area contributed by atoms with Crippen molar-refractivity contribution in [3.8, 4) is 11.3 Å². The first-order chi connectivity index (χ1) is 7.75. The highest BCUT2D eigenvalue weighted by molar-refractivity contribution is 5.58. The van der Waals surface area contributed by atoms with Gasteiger partial charge in [-0.3, -0.25) is 5.10 Å². The van der Waals surface area contributed by atoms with E-state index in [-0.39, 0.29) is 6.04 Å². The van der Waals surface area contributed by atoms with E-state index in [9.17, 15) is 0 Å². The quantitative estimate of drug-likeness (QED) is 0.822. The molecule has 0 aliphatic rings. The molecule has 2 rings (SSSR count). The van der Waals surface area contributed by atoms with Crippen molar-refractivity contribution in [2.75, 3.05) is 0 Å². The van der Waals surface area contributed by atoms with Crippen LogP contribution in [-0.2, 0) is 6.42 Å². The van der Waals surface area contributed by atoms with Gasteiger partial charge in [-0.05, 0) is 25.8 Å². The molecule has 1 atom stereocenters. The van der Waals surface area contributed by atoms with Crippen molar-refractivity contribution in [2.24, 2.45) is 5.73 Å². The maximum Gasteiger partial charge on any atom is 0.0923 e. The average molecular weight is 215 g/mol. The zero-order chi connectivity index (χ0) is 11.4. The number of nitrogens with two attached hydrogens (primary N) is 1. The molecular weight excluding hydrogens is 198 g/mol. The van der Waals surface area contributed by atoms with E-state index in [2.05, 4.69) is 28.4 Å². The Hall–Kier alpha value is -1.61. The Bertz CT molecular complexity index is 431. The topological polar surface area (TPSA) is 54.7 Å². The monoisotopic (exact) mass is 215 g/mol. The van der Waals surface area contributed by atoms with E-state index in [0.29, 0.717) is 0 Å². The lowest BCUT2D eigenvalue weighted by Gasteiger charge is -2.01. The zero-order valence-corrected chi connectivity index (χ0v) is 9.48. The van der Waals surface area contributed by atoms with E-state index in [4.69, 9.17) is 5.73 Å². The maximum absolute atomic E-state index is 5.72. The molecule has 0 saturated heterocycles. The average Bonchev–Trinajstić information content (AvgIpc) is 2.76. The van der Waals surface area contributed by atoms with Crippen LogP contribution in [0.2, 0.25) is 0 Å². The van der Waals surface area contributed by atoms with Crippen molar-refractivity contribution in [3.63, 3.8) is 0 Å². The highest BCUT2D eigenvalue weighted by atomic mass is 15.1. The summed E-state index contributed by atoms with van der Waals surface area (Å²) in [4.78, 5) is 0. The van der Waals surface area contributed by atoms with Crippen LogP contribution in [0.1, 0.15) is 19.0 Å². The molecule has 0 aliphatic heterocycles. The van der Waals surface area contributed by atoms with Gasteiger partial charge in [-0.25, -0.2) is 0 Å². The lowest BCUT2D eigenvalue weighted by Crippen LogP contribution is -2.15. The number of rotatable bonds is 4. The Morgan fingerprint density at radius 2 is 2.06 bits per heavy atom. The third kappa shape index (κ3) is 2.70. The summed E-state index contributed by atoms with van der Waals surface area (Å²) in [6.45, 7) is 2.02. The fourth-order valence-electron chi connectivity index (χ4n) is 1.63. The number of aromatic nitrogens is 2. The minimum atomic E-state index is 0.239. The molecule has 1 aromatic carbocycles. The van der Waals surface area contributed by atoms with Gasteiger partial charge in [-0.15, -0.1) is 0 Å². The highest BCUT2D eigenvalue weighted by Crippen LogP contribution is 2.17. The van der Waals surface area contributed by atoms with Gasteiger partial charge in [0, 0.05) is 17.3 Å². The summed E-state index contributed by atoms with van der Waals surface area (Å²) in [5, 5.41) is 7.35. The van der Waals surface area contributed by atoms with Crippen LogP contribution in [0, 0.1) is 0 Å². The molecule has 0 saturated carbocycles. The lowest BCUT2D eigenvalue weighted by molar-refractivity contribution is 0.657. The molecule has 0 aliphatic carbocycles. The standard InChI is InChI=1S/C13H17N3/c1-10(14)7-8-12-9-13(16-15-12)11-5-3-2-4-6-11/h2-6,9-10H,7-8,14H2,1H3,(H,15,16). The second-order valence-electron chi connectivity index (χ2n) is 4.16. The van der Waals surface area contributed by atoms with E-state index in [1.54, 1.807) is 0 Å². The number of H-pyrrole nitrogens is 1. The highest BCUT2D eigenvalue weighted by Gasteiger charge is 2.04. The molecule has 1 unspecified atom stereocenters. The first-order valence-electron chi connectivity index (χ1n) is 5.61. The Morgan fingerprint density at radius 3 is 2.75 bits per heavy atom. The van der Waals surface area contributed by atoms with Gasteiger partial charge in [-0.2, -0.15) is 5.10 Å². The van der Waals surface area contributed by atoms with Crippen LogP contribution < -0.4 is 5.73 Å². The molecule has 0 fully saturated rings. The Kier molecular flexibility index (Phi) is 3.37. The number of nitrogens with one attached hydrogen (secondary N) is 1. The van der Waals surface area contributed by atoms with E-state index in [1.165, 1.54) is 0 Å². The molecule has 0 bridgehead atoms. The number of benzene rings is 1. The Morgan fingerprint density at radius 1 is 1.31 bits per heavy atom. The molecule has 0 amide bonds. The molecule has 3 nitrogen and oxygen atoms in total. The van der Waals surface area contributed by atoms with Crippen LogP contribution in [0.25, 0.3) is 11.3 Å². The van der Waals surface area contributed by atoms with Crippen molar-refractivity contribution in [1.82, 2.24) is 10.2 Å². The largest absolute Gasteiger partial charge is 0.328 e. The summed E-state index contributed by atoms with van der Waals surface area (Å²) in [5.74, 6) is 0. The van der Waals surface area contributed by atoms with Crippen molar-refractivity contribution in [2.45, 2.75) is 25.8 Å². The molecule has 0 radical (unpaired) electrons. The number of hydrogen-bond acceptors (Lipinski definition) is 2. The van der Waals surface area contributed by atoms with E-state index in [0.717, 1.165) is 29.8 Å². The van der Waals surface area contributed by atoms with Gasteiger partial charge in [0.2, 0.25) is 0 Å². The molecular formula is C13H17N3. The van der Waals surface area contributed by atoms with Gasteiger partial charge in [0.15, 0.2) is 0 Å². The number of hydrogen-bond donors (Lipinski definition) is 2. The lowest BCUT2D eigenvalue weighted by atomic mass is 10.1. The first kappa shape index (κ1) is 10.9. The molecule has 16 heavy (non-hydrogen) atoms. The molecule has 84 valence electrons. The summed E-state index contributed by atoms with van der Waals surface area (Å²) >= 11 is 0. The minimum Gasteiger partial charge on any atom is -0.328 e. The molecule has 3 heteroatoms. The summed E-state index contributed by atoms with van der Waals surface area (Å²) in [5.41, 5.74) is 9.02. The van der Waals surface area contributed by atoms with Crippen LogP contribution in [0.3, 0.4) is 0 Å². The number of nitrogens with zero attached hydrogens (tertiary/aromatic N) is 1. The maximum atomic E-state index is 5.72. The van der Waals surface area contributed by atoms with Crippen LogP contribution in [0.4, 0.5) is 0 Å². The van der Waals surface area contributed by atoms with Crippen molar-refractivity contribution >= 4 is 0 Å². The van der Waals surface area contributed by atoms with E-state index < -0.39 is 0 Å². The fourth-order valence-corrected chi connectivity index (χ4v) is 1.63. The first-order valence-corrected chi connectivity index (χ1v) is 5.61. The Balaban J connectivity index is 2.08. The van der Waals surface area contributed by atoms with Crippen molar-refractivity contribution in [1.29, 1.82) is 0 Å². The van der Waals surface area contributed by atoms with Crippen LogP contribution in [-0.4, -0.2) is 16.2 Å². The van der Waals surface area contributed by atoms with Gasteiger partial charge >= 0.3 is 0 Å². The van der Waals surface area contributed by atoms with E-state index in [1.807, 2.05) is 25.1 Å². The normalized spacial score (nSPS) is 12.6. The fraction of sp³-hybridized carbons (Fsp3) is 0.308. The van der Waals surface area contributed by atoms with Crippen molar-refractivity contribution < 1.29 is 0 Å². The molecule has 1 aromatic heterocycles.